The predicted molar refractivity (Wildman–Crippen MR) is 105 cm³/mol. The number of carbonyl (C=O) groups is 2. The zero-order valence-electron chi connectivity index (χ0n) is 16.1. The Labute approximate surface area is 160 Å². The molecule has 0 heterocycles. The molecule has 1 unspecified atom stereocenters. The minimum atomic E-state index is -0.973. The van der Waals surface area contributed by atoms with Crippen LogP contribution in [0.1, 0.15) is 54.7 Å². The molecule has 0 saturated heterocycles. The zero-order chi connectivity index (χ0) is 19.8. The molecular weight excluding hydrogens is 342 g/mol. The van der Waals surface area contributed by atoms with Gasteiger partial charge in [-0.25, -0.2) is 4.79 Å². The molecular formula is C22H27NO4. The predicted octanol–water partition coefficient (Wildman–Crippen LogP) is 4.23. The fraction of sp³-hybridized carbons (Fsp3) is 0.364. The van der Waals surface area contributed by atoms with Crippen molar-refractivity contribution < 1.29 is 19.4 Å². The lowest BCUT2D eigenvalue weighted by atomic mass is 10.0. The summed E-state index contributed by atoms with van der Waals surface area (Å²) in [5.74, 6) is 0.201. The molecule has 0 spiro atoms. The van der Waals surface area contributed by atoms with E-state index in [0.717, 1.165) is 11.3 Å². The van der Waals surface area contributed by atoms with Crippen molar-refractivity contribution in [3.8, 4) is 5.75 Å². The molecule has 1 amide bonds. The Morgan fingerprint density at radius 3 is 2.33 bits per heavy atom. The largest absolute Gasteiger partial charge is 0.493 e. The second-order valence-corrected chi connectivity index (χ2v) is 7.03. The molecule has 5 heteroatoms. The van der Waals surface area contributed by atoms with Crippen molar-refractivity contribution in [3.05, 3.63) is 65.2 Å². The molecule has 144 valence electrons. The summed E-state index contributed by atoms with van der Waals surface area (Å²) >= 11 is 0. The molecule has 2 aromatic carbocycles. The van der Waals surface area contributed by atoms with Crippen LogP contribution in [0.3, 0.4) is 0 Å². The number of nitrogens with one attached hydrogen (secondary N) is 1. The lowest BCUT2D eigenvalue weighted by molar-refractivity contribution is -0.121. The van der Waals surface area contributed by atoms with Gasteiger partial charge in [-0.05, 0) is 48.6 Å². The highest BCUT2D eigenvalue weighted by molar-refractivity contribution is 5.89. The first-order valence-electron chi connectivity index (χ1n) is 9.20. The van der Waals surface area contributed by atoms with Crippen molar-refractivity contribution in [2.75, 3.05) is 6.61 Å². The monoisotopic (exact) mass is 369 g/mol. The number of aryl methyl sites for hydroxylation is 1. The number of carboxylic acid groups (broad SMARTS) is 1. The lowest BCUT2D eigenvalue weighted by Gasteiger charge is -2.16. The van der Waals surface area contributed by atoms with Gasteiger partial charge in [-0.15, -0.1) is 0 Å². The number of hydrogen-bond acceptors (Lipinski definition) is 3. The molecule has 0 aliphatic carbocycles. The summed E-state index contributed by atoms with van der Waals surface area (Å²) in [4.78, 5) is 23.5. The first-order chi connectivity index (χ1) is 12.9. The van der Waals surface area contributed by atoms with Crippen molar-refractivity contribution >= 4 is 11.9 Å². The topological polar surface area (TPSA) is 75.6 Å². The van der Waals surface area contributed by atoms with Crippen LogP contribution in [-0.4, -0.2) is 23.6 Å². The van der Waals surface area contributed by atoms with E-state index in [4.69, 9.17) is 4.74 Å². The molecule has 2 rings (SSSR count). The molecule has 27 heavy (non-hydrogen) atoms. The van der Waals surface area contributed by atoms with Crippen molar-refractivity contribution in [2.45, 2.75) is 39.7 Å². The van der Waals surface area contributed by atoms with Crippen LogP contribution < -0.4 is 10.1 Å². The van der Waals surface area contributed by atoms with Crippen LogP contribution in [0.4, 0.5) is 0 Å². The molecule has 0 bridgehead atoms. The molecule has 0 aliphatic rings. The van der Waals surface area contributed by atoms with Crippen LogP contribution in [0.25, 0.3) is 0 Å². The zero-order valence-corrected chi connectivity index (χ0v) is 16.1. The van der Waals surface area contributed by atoms with Gasteiger partial charge in [0.15, 0.2) is 0 Å². The summed E-state index contributed by atoms with van der Waals surface area (Å²) in [6, 6.07) is 14.3. The van der Waals surface area contributed by atoms with Crippen molar-refractivity contribution in [1.82, 2.24) is 5.32 Å². The minimum Gasteiger partial charge on any atom is -0.493 e. The summed E-state index contributed by atoms with van der Waals surface area (Å²) in [6.07, 6.45) is 0.632. The lowest BCUT2D eigenvalue weighted by Crippen LogP contribution is -2.27. The maximum Gasteiger partial charge on any atom is 0.335 e. The van der Waals surface area contributed by atoms with Gasteiger partial charge in [-0.3, -0.25) is 4.79 Å². The first kappa shape index (κ1) is 20.5. The van der Waals surface area contributed by atoms with Gasteiger partial charge in [0.2, 0.25) is 5.91 Å². The Morgan fingerprint density at radius 1 is 1.04 bits per heavy atom. The highest BCUT2D eigenvalue weighted by Gasteiger charge is 2.13. The highest BCUT2D eigenvalue weighted by Crippen LogP contribution is 2.19. The maximum atomic E-state index is 12.2. The van der Waals surface area contributed by atoms with E-state index < -0.39 is 5.97 Å². The third-order valence-electron chi connectivity index (χ3n) is 4.21. The van der Waals surface area contributed by atoms with Gasteiger partial charge in [0.1, 0.15) is 5.75 Å². The van der Waals surface area contributed by atoms with Crippen molar-refractivity contribution in [3.63, 3.8) is 0 Å². The summed E-state index contributed by atoms with van der Waals surface area (Å²) < 4.78 is 5.67. The van der Waals surface area contributed by atoms with Gasteiger partial charge in [-0.1, -0.05) is 44.2 Å². The molecule has 2 aromatic rings. The third-order valence-corrected chi connectivity index (χ3v) is 4.21. The number of ether oxygens (including phenoxy) is 1. The minimum absolute atomic E-state index is 0.108. The number of carbonyl (C=O) groups excluding carboxylic acids is 1. The molecule has 2 N–H and O–H groups in total. The Morgan fingerprint density at radius 2 is 1.70 bits per heavy atom. The van der Waals surface area contributed by atoms with Crippen molar-refractivity contribution in [2.24, 2.45) is 5.92 Å². The quantitative estimate of drug-likeness (QED) is 0.693. The maximum absolute atomic E-state index is 12.2. The van der Waals surface area contributed by atoms with Crippen LogP contribution in [0.2, 0.25) is 0 Å². The Balaban J connectivity index is 1.87. The fourth-order valence-electron chi connectivity index (χ4n) is 2.71. The number of amides is 1. The SMILES string of the molecule is CC(C)COc1ccc(C(C)NC(=O)CCc2ccccc2C(=O)O)cc1. The second kappa shape index (κ2) is 9.76. The molecule has 0 saturated carbocycles. The van der Waals surface area contributed by atoms with Gasteiger partial charge in [0.05, 0.1) is 18.2 Å². The summed E-state index contributed by atoms with van der Waals surface area (Å²) in [6.45, 7) is 6.79. The van der Waals surface area contributed by atoms with E-state index in [0.29, 0.717) is 24.5 Å². The van der Waals surface area contributed by atoms with Gasteiger partial charge in [-0.2, -0.15) is 0 Å². The Bertz CT molecular complexity index is 768. The summed E-state index contributed by atoms with van der Waals surface area (Å²) in [5, 5.41) is 12.2. The number of carboxylic acids is 1. The molecule has 0 fully saturated rings. The third kappa shape index (κ3) is 6.44. The summed E-state index contributed by atoms with van der Waals surface area (Å²) in [7, 11) is 0. The van der Waals surface area contributed by atoms with Crippen LogP contribution in [0.5, 0.6) is 5.75 Å². The van der Waals surface area contributed by atoms with E-state index in [1.807, 2.05) is 31.2 Å². The van der Waals surface area contributed by atoms with Crippen LogP contribution in [-0.2, 0) is 11.2 Å². The second-order valence-electron chi connectivity index (χ2n) is 7.03. The number of hydrogen-bond donors (Lipinski definition) is 2. The van der Waals surface area contributed by atoms with Gasteiger partial charge in [0.25, 0.3) is 0 Å². The summed E-state index contributed by atoms with van der Waals surface area (Å²) in [5.41, 5.74) is 1.90. The smallest absolute Gasteiger partial charge is 0.335 e. The van der Waals surface area contributed by atoms with Crippen LogP contribution in [0.15, 0.2) is 48.5 Å². The number of benzene rings is 2. The number of aromatic carboxylic acids is 1. The molecule has 0 aliphatic heterocycles. The van der Waals surface area contributed by atoms with E-state index in [9.17, 15) is 14.7 Å². The van der Waals surface area contributed by atoms with Crippen molar-refractivity contribution in [1.29, 1.82) is 0 Å². The molecule has 1 atom stereocenters. The Kier molecular flexibility index (Phi) is 7.41. The first-order valence-corrected chi connectivity index (χ1v) is 9.20. The fourth-order valence-corrected chi connectivity index (χ4v) is 2.71. The normalized spacial score (nSPS) is 11.9. The van der Waals surface area contributed by atoms with E-state index in [1.165, 1.54) is 0 Å². The van der Waals surface area contributed by atoms with E-state index in [-0.39, 0.29) is 23.9 Å². The van der Waals surface area contributed by atoms with Crippen LogP contribution >= 0.6 is 0 Å². The standard InChI is InChI=1S/C22H27NO4/c1-15(2)14-27-19-11-8-17(9-12-19)16(3)23-21(24)13-10-18-6-4-5-7-20(18)22(25)26/h4-9,11-12,15-16H,10,13-14H2,1-3H3,(H,23,24)(H,25,26). The van der Waals surface area contributed by atoms with E-state index in [2.05, 4.69) is 19.2 Å². The van der Waals surface area contributed by atoms with Gasteiger partial charge in [0, 0.05) is 6.42 Å². The molecule has 0 radical (unpaired) electrons. The highest BCUT2D eigenvalue weighted by atomic mass is 16.5. The van der Waals surface area contributed by atoms with E-state index >= 15 is 0 Å². The van der Waals surface area contributed by atoms with E-state index in [1.54, 1.807) is 24.3 Å². The van der Waals surface area contributed by atoms with Crippen LogP contribution in [0, 0.1) is 5.92 Å². The molecule has 0 aromatic heterocycles. The number of rotatable bonds is 9. The average Bonchev–Trinajstić information content (AvgIpc) is 2.65. The Hall–Kier alpha value is -2.82. The molecule has 5 nitrogen and oxygen atoms in total. The van der Waals surface area contributed by atoms with Gasteiger partial charge >= 0.3 is 5.97 Å². The average molecular weight is 369 g/mol. The van der Waals surface area contributed by atoms with Gasteiger partial charge < -0.3 is 15.2 Å².